The Morgan fingerprint density at radius 3 is 2.26 bits per heavy atom. The molecule has 2 amide bonds. The predicted octanol–water partition coefficient (Wildman–Crippen LogP) is 3.66. The van der Waals surface area contributed by atoms with Gasteiger partial charge < -0.3 is 9.64 Å². The monoisotopic (exact) mass is 389 g/mol. The molecule has 0 aliphatic carbocycles. The molecule has 2 aromatic carbocycles. The zero-order valence-corrected chi connectivity index (χ0v) is 16.6. The zero-order chi connectivity index (χ0) is 20.0. The van der Waals surface area contributed by atoms with Gasteiger partial charge >= 0.3 is 0 Å². The molecule has 2 rings (SSSR count). The van der Waals surface area contributed by atoms with Crippen LogP contribution in [0.1, 0.15) is 41.5 Å². The van der Waals surface area contributed by atoms with Gasteiger partial charge in [0.05, 0.1) is 12.7 Å². The van der Waals surface area contributed by atoms with Crippen LogP contribution in [0.5, 0.6) is 5.75 Å². The van der Waals surface area contributed by atoms with Gasteiger partial charge in [-0.25, -0.2) is 0 Å². The number of nitrogens with zero attached hydrogens (tertiary/aromatic N) is 1. The van der Waals surface area contributed by atoms with Gasteiger partial charge in [-0.3, -0.25) is 20.4 Å². The van der Waals surface area contributed by atoms with Gasteiger partial charge in [0.25, 0.3) is 11.8 Å². The number of methoxy groups -OCH3 is 1. The fraction of sp³-hybridized carbons (Fsp3) is 0.300. The number of anilines is 1. The highest BCUT2D eigenvalue weighted by Gasteiger charge is 2.15. The summed E-state index contributed by atoms with van der Waals surface area (Å²) in [5.41, 5.74) is 6.55. The Morgan fingerprint density at radius 2 is 1.70 bits per heavy atom. The number of carbonyl (C=O) groups excluding carboxylic acids is 2. The maximum absolute atomic E-state index is 12.3. The minimum Gasteiger partial charge on any atom is -0.496 e. The van der Waals surface area contributed by atoms with Crippen molar-refractivity contribution in [2.75, 3.05) is 18.6 Å². The number of ether oxygens (including phenoxy) is 1. The highest BCUT2D eigenvalue weighted by atomic mass is 35.5. The molecule has 0 unspecified atom stereocenters. The van der Waals surface area contributed by atoms with Crippen LogP contribution in [0.2, 0.25) is 5.02 Å². The molecule has 0 aromatic heterocycles. The van der Waals surface area contributed by atoms with E-state index in [-0.39, 0.29) is 5.56 Å². The van der Waals surface area contributed by atoms with E-state index in [1.807, 2.05) is 12.1 Å². The zero-order valence-electron chi connectivity index (χ0n) is 15.9. The van der Waals surface area contributed by atoms with Crippen molar-refractivity contribution in [3.8, 4) is 5.75 Å². The smallest absolute Gasteiger partial charge is 0.273 e. The van der Waals surface area contributed by atoms with E-state index in [9.17, 15) is 9.59 Å². The number of halogens is 1. The van der Waals surface area contributed by atoms with E-state index in [0.29, 0.717) is 22.4 Å². The van der Waals surface area contributed by atoms with Crippen molar-refractivity contribution in [2.24, 2.45) is 0 Å². The van der Waals surface area contributed by atoms with Gasteiger partial charge in [0.2, 0.25) is 0 Å². The van der Waals surface area contributed by atoms with Crippen LogP contribution >= 0.6 is 11.6 Å². The molecule has 144 valence electrons. The Hall–Kier alpha value is -2.73. The quantitative estimate of drug-likeness (QED) is 0.740. The van der Waals surface area contributed by atoms with Gasteiger partial charge in [0.1, 0.15) is 5.75 Å². The Balaban J connectivity index is 2.02. The number of carbonyl (C=O) groups is 2. The maximum Gasteiger partial charge on any atom is 0.273 e. The molecule has 6 nitrogen and oxygen atoms in total. The molecule has 0 saturated heterocycles. The van der Waals surface area contributed by atoms with Crippen LogP contribution in [0.25, 0.3) is 0 Å². The SMILES string of the molecule is CCN(c1ccc(C(=O)NNC(=O)c2ccc(Cl)cc2OC)cc1)C(C)C. The summed E-state index contributed by atoms with van der Waals surface area (Å²) in [5, 5.41) is 0.454. The van der Waals surface area contributed by atoms with Crippen LogP contribution in [0.15, 0.2) is 42.5 Å². The topological polar surface area (TPSA) is 70.7 Å². The third kappa shape index (κ3) is 5.14. The van der Waals surface area contributed by atoms with E-state index in [2.05, 4.69) is 36.5 Å². The third-order valence-corrected chi connectivity index (χ3v) is 4.36. The summed E-state index contributed by atoms with van der Waals surface area (Å²) in [6.45, 7) is 7.19. The third-order valence-electron chi connectivity index (χ3n) is 4.12. The number of benzene rings is 2. The molecule has 0 radical (unpaired) electrons. The highest BCUT2D eigenvalue weighted by molar-refractivity contribution is 6.30. The van der Waals surface area contributed by atoms with Crippen molar-refractivity contribution in [1.29, 1.82) is 0 Å². The molecule has 2 N–H and O–H groups in total. The van der Waals surface area contributed by atoms with Crippen molar-refractivity contribution in [3.63, 3.8) is 0 Å². The first kappa shape index (κ1) is 20.6. The number of hydrogen-bond donors (Lipinski definition) is 2. The molecule has 0 atom stereocenters. The fourth-order valence-corrected chi connectivity index (χ4v) is 2.92. The average Bonchev–Trinajstić information content (AvgIpc) is 2.66. The highest BCUT2D eigenvalue weighted by Crippen LogP contribution is 2.23. The first-order valence-electron chi connectivity index (χ1n) is 8.68. The molecule has 2 aromatic rings. The van der Waals surface area contributed by atoms with Gasteiger partial charge in [0, 0.05) is 28.9 Å². The second-order valence-corrected chi connectivity index (χ2v) is 6.62. The molecule has 0 aliphatic heterocycles. The normalized spacial score (nSPS) is 10.4. The Kier molecular flexibility index (Phi) is 7.07. The first-order chi connectivity index (χ1) is 12.9. The van der Waals surface area contributed by atoms with E-state index in [0.717, 1.165) is 12.2 Å². The van der Waals surface area contributed by atoms with Gasteiger partial charge in [-0.05, 0) is 63.2 Å². The fourth-order valence-electron chi connectivity index (χ4n) is 2.76. The predicted molar refractivity (Wildman–Crippen MR) is 108 cm³/mol. The lowest BCUT2D eigenvalue weighted by atomic mass is 10.1. The van der Waals surface area contributed by atoms with Gasteiger partial charge in [-0.2, -0.15) is 0 Å². The summed E-state index contributed by atoms with van der Waals surface area (Å²) < 4.78 is 5.14. The van der Waals surface area contributed by atoms with Crippen molar-refractivity contribution in [2.45, 2.75) is 26.8 Å². The van der Waals surface area contributed by atoms with Gasteiger partial charge in [-0.15, -0.1) is 0 Å². The van der Waals surface area contributed by atoms with Gasteiger partial charge in [-0.1, -0.05) is 11.6 Å². The summed E-state index contributed by atoms with van der Waals surface area (Å²) in [6, 6.07) is 12.2. The van der Waals surface area contributed by atoms with Crippen molar-refractivity contribution >= 4 is 29.1 Å². The Bertz CT molecular complexity index is 807. The molecule has 0 fully saturated rings. The summed E-state index contributed by atoms with van der Waals surface area (Å²) in [7, 11) is 1.44. The van der Waals surface area contributed by atoms with Crippen LogP contribution in [-0.2, 0) is 0 Å². The number of amides is 2. The standard InChI is InChI=1S/C20H24ClN3O3/c1-5-24(13(2)3)16-9-6-14(7-10-16)19(25)22-23-20(26)17-11-8-15(21)12-18(17)27-4/h6-13H,5H2,1-4H3,(H,22,25)(H,23,26). The Morgan fingerprint density at radius 1 is 1.07 bits per heavy atom. The second kappa shape index (κ2) is 9.28. The molecule has 0 bridgehead atoms. The summed E-state index contributed by atoms with van der Waals surface area (Å²) in [5.74, 6) is -0.576. The second-order valence-electron chi connectivity index (χ2n) is 6.18. The molecule has 0 aliphatic rings. The molecule has 0 spiro atoms. The molecular formula is C20H24ClN3O3. The summed E-state index contributed by atoms with van der Waals surface area (Å²) in [6.07, 6.45) is 0. The number of rotatable bonds is 6. The van der Waals surface area contributed by atoms with Gasteiger partial charge in [0.15, 0.2) is 0 Å². The maximum atomic E-state index is 12.3. The molecule has 7 heteroatoms. The molecule has 0 saturated carbocycles. The van der Waals surface area contributed by atoms with E-state index < -0.39 is 11.8 Å². The number of hydrogen-bond acceptors (Lipinski definition) is 4. The van der Waals surface area contributed by atoms with E-state index in [4.69, 9.17) is 16.3 Å². The van der Waals surface area contributed by atoms with E-state index in [1.54, 1.807) is 18.2 Å². The molecule has 0 heterocycles. The average molecular weight is 390 g/mol. The minimum atomic E-state index is -0.495. The summed E-state index contributed by atoms with van der Waals surface area (Å²) in [4.78, 5) is 26.8. The van der Waals surface area contributed by atoms with Crippen molar-refractivity contribution < 1.29 is 14.3 Å². The largest absolute Gasteiger partial charge is 0.496 e. The number of nitrogens with one attached hydrogen (secondary N) is 2. The van der Waals surface area contributed by atoms with Crippen LogP contribution in [0.3, 0.4) is 0 Å². The van der Waals surface area contributed by atoms with E-state index in [1.165, 1.54) is 19.2 Å². The lowest BCUT2D eigenvalue weighted by Gasteiger charge is -2.27. The van der Waals surface area contributed by atoms with Crippen molar-refractivity contribution in [3.05, 3.63) is 58.6 Å². The van der Waals surface area contributed by atoms with Crippen LogP contribution in [0.4, 0.5) is 5.69 Å². The first-order valence-corrected chi connectivity index (χ1v) is 9.06. The van der Waals surface area contributed by atoms with Crippen LogP contribution in [-0.4, -0.2) is 31.5 Å². The minimum absolute atomic E-state index is 0.271. The lowest BCUT2D eigenvalue weighted by molar-refractivity contribution is 0.0845. The van der Waals surface area contributed by atoms with Crippen LogP contribution in [0, 0.1) is 0 Å². The number of hydrazine groups is 1. The van der Waals surface area contributed by atoms with E-state index >= 15 is 0 Å². The Labute approximate surface area is 164 Å². The molecular weight excluding hydrogens is 366 g/mol. The summed E-state index contributed by atoms with van der Waals surface area (Å²) >= 11 is 5.89. The van der Waals surface area contributed by atoms with Crippen molar-refractivity contribution in [1.82, 2.24) is 10.9 Å². The lowest BCUT2D eigenvalue weighted by Crippen LogP contribution is -2.41. The van der Waals surface area contributed by atoms with Crippen LogP contribution < -0.4 is 20.5 Å². The molecule has 27 heavy (non-hydrogen) atoms.